The van der Waals surface area contributed by atoms with Crippen molar-refractivity contribution in [2.75, 3.05) is 59.0 Å². The summed E-state index contributed by atoms with van der Waals surface area (Å²) in [5.74, 6) is 0.602. The number of hydrogen-bond acceptors (Lipinski definition) is 5. The second-order valence-electron chi connectivity index (χ2n) is 7.05. The third-order valence-corrected chi connectivity index (χ3v) is 5.17. The van der Waals surface area contributed by atoms with Crippen LogP contribution < -0.4 is 10.6 Å². The molecule has 1 aromatic carbocycles. The minimum absolute atomic E-state index is 0. The summed E-state index contributed by atoms with van der Waals surface area (Å²) in [6.45, 7) is 9.38. The molecule has 0 bridgehead atoms. The van der Waals surface area contributed by atoms with Crippen LogP contribution >= 0.6 is 24.0 Å². The van der Waals surface area contributed by atoms with Gasteiger partial charge in [0.05, 0.1) is 25.3 Å². The molecule has 0 saturated carbocycles. The maximum absolute atomic E-state index is 12.1. The number of ether oxygens (including phenoxy) is 1. The third-order valence-electron chi connectivity index (χ3n) is 5.17. The van der Waals surface area contributed by atoms with E-state index in [1.165, 1.54) is 6.07 Å². The monoisotopic (exact) mass is 517 g/mol. The van der Waals surface area contributed by atoms with Gasteiger partial charge in [-0.2, -0.15) is 0 Å². The summed E-state index contributed by atoms with van der Waals surface area (Å²) in [6, 6.07) is 7.09. The van der Waals surface area contributed by atoms with Crippen LogP contribution in [0.15, 0.2) is 29.3 Å². The van der Waals surface area contributed by atoms with Gasteiger partial charge in [-0.3, -0.25) is 14.7 Å². The highest BCUT2D eigenvalue weighted by atomic mass is 127. The average Bonchev–Trinajstić information content (AvgIpc) is 3.21. The molecule has 1 atom stereocenters. The fraction of sp³-hybridized carbons (Fsp3) is 0.600. The molecule has 2 aliphatic heterocycles. The highest BCUT2D eigenvalue weighted by Crippen LogP contribution is 2.17. The molecule has 3 N–H and O–H groups in total. The fourth-order valence-corrected chi connectivity index (χ4v) is 3.69. The molecule has 3 rings (SSSR count). The number of benzene rings is 1. The first kappa shape index (κ1) is 23.7. The number of carbonyl (C=O) groups excluding carboxylic acids is 1. The molecule has 0 radical (unpaired) electrons. The van der Waals surface area contributed by atoms with Crippen LogP contribution in [0.2, 0.25) is 0 Å². The van der Waals surface area contributed by atoms with Crippen molar-refractivity contribution in [3.8, 4) is 5.75 Å². The van der Waals surface area contributed by atoms with Crippen molar-refractivity contribution >= 4 is 35.8 Å². The van der Waals surface area contributed by atoms with Crippen LogP contribution in [0.5, 0.6) is 5.75 Å². The Morgan fingerprint density at radius 1 is 1.24 bits per heavy atom. The van der Waals surface area contributed by atoms with Gasteiger partial charge in [0.25, 0.3) is 5.91 Å². The lowest BCUT2D eigenvalue weighted by Gasteiger charge is -2.32. The van der Waals surface area contributed by atoms with Gasteiger partial charge in [-0.05, 0) is 25.5 Å². The number of rotatable bonds is 6. The summed E-state index contributed by atoms with van der Waals surface area (Å²) in [4.78, 5) is 21.6. The van der Waals surface area contributed by atoms with Crippen LogP contribution in [-0.2, 0) is 4.74 Å². The zero-order chi connectivity index (χ0) is 19.8. The average molecular weight is 517 g/mol. The fourth-order valence-electron chi connectivity index (χ4n) is 3.69. The van der Waals surface area contributed by atoms with Crippen molar-refractivity contribution in [1.29, 1.82) is 0 Å². The first-order chi connectivity index (χ1) is 13.7. The number of nitrogens with one attached hydrogen (secondary N) is 2. The Bertz CT molecular complexity index is 682. The van der Waals surface area contributed by atoms with Crippen molar-refractivity contribution in [2.45, 2.75) is 19.4 Å². The number of halogens is 1. The molecular formula is C20H32IN5O3. The van der Waals surface area contributed by atoms with Crippen LogP contribution in [0, 0.1) is 0 Å². The summed E-state index contributed by atoms with van der Waals surface area (Å²) >= 11 is 0. The molecule has 2 fully saturated rings. The summed E-state index contributed by atoms with van der Waals surface area (Å²) < 4.78 is 5.45. The number of hydrogen-bond donors (Lipinski definition) is 3. The Morgan fingerprint density at radius 2 is 2.00 bits per heavy atom. The molecule has 29 heavy (non-hydrogen) atoms. The minimum Gasteiger partial charge on any atom is -0.507 e. The van der Waals surface area contributed by atoms with Gasteiger partial charge < -0.3 is 25.4 Å². The number of aromatic hydroxyl groups is 1. The highest BCUT2D eigenvalue weighted by molar-refractivity contribution is 14.0. The molecule has 2 saturated heterocycles. The quantitative estimate of drug-likeness (QED) is 0.227. The Labute approximate surface area is 189 Å². The van der Waals surface area contributed by atoms with E-state index >= 15 is 0 Å². The van der Waals surface area contributed by atoms with Gasteiger partial charge in [0, 0.05) is 45.3 Å². The van der Waals surface area contributed by atoms with Crippen LogP contribution in [0.4, 0.5) is 0 Å². The normalized spacial score (nSPS) is 20.2. The minimum atomic E-state index is -0.285. The number of morpholine rings is 1. The molecule has 1 unspecified atom stereocenters. The first-order valence-electron chi connectivity index (χ1n) is 10.1. The number of aliphatic imine (C=N–C) groups is 1. The maximum Gasteiger partial charge on any atom is 0.255 e. The van der Waals surface area contributed by atoms with Gasteiger partial charge >= 0.3 is 0 Å². The van der Waals surface area contributed by atoms with Crippen LogP contribution in [-0.4, -0.2) is 91.8 Å². The molecule has 0 aromatic heterocycles. The maximum atomic E-state index is 12.1. The van der Waals surface area contributed by atoms with E-state index < -0.39 is 0 Å². The van der Waals surface area contributed by atoms with Crippen LogP contribution in [0.3, 0.4) is 0 Å². The second-order valence-corrected chi connectivity index (χ2v) is 7.05. The Balaban J connectivity index is 0.00000300. The molecule has 9 heteroatoms. The molecule has 162 valence electrons. The van der Waals surface area contributed by atoms with Gasteiger partial charge in [0.15, 0.2) is 5.96 Å². The lowest BCUT2D eigenvalue weighted by Crippen LogP contribution is -2.46. The molecule has 1 aromatic rings. The standard InChI is InChI=1S/C20H31N5O3.HI/c1-2-21-20(25-10-7-16(15-25)24-11-13-28-14-12-24)23-9-8-22-19(27)17-5-3-4-6-18(17)26;/h3-6,16,26H,2,7-15H2,1H3,(H,21,23)(H,22,27);1H. The number of amides is 1. The number of nitrogens with zero attached hydrogens (tertiary/aromatic N) is 3. The van der Waals surface area contributed by atoms with Gasteiger partial charge in [0.1, 0.15) is 5.75 Å². The van der Waals surface area contributed by atoms with Crippen molar-refractivity contribution in [3.63, 3.8) is 0 Å². The zero-order valence-electron chi connectivity index (χ0n) is 17.0. The smallest absolute Gasteiger partial charge is 0.255 e. The van der Waals surface area contributed by atoms with Gasteiger partial charge in [0.2, 0.25) is 0 Å². The molecule has 2 aliphatic rings. The second kappa shape index (κ2) is 12.2. The highest BCUT2D eigenvalue weighted by Gasteiger charge is 2.30. The number of phenols is 1. The lowest BCUT2D eigenvalue weighted by molar-refractivity contribution is 0.0195. The zero-order valence-corrected chi connectivity index (χ0v) is 19.3. The van der Waals surface area contributed by atoms with E-state index in [9.17, 15) is 9.90 Å². The summed E-state index contributed by atoms with van der Waals surface area (Å²) in [7, 11) is 0. The summed E-state index contributed by atoms with van der Waals surface area (Å²) in [5.41, 5.74) is 0.284. The molecule has 1 amide bonds. The van der Waals surface area contributed by atoms with E-state index in [0.717, 1.165) is 58.3 Å². The number of phenolic OH excluding ortho intramolecular Hbond substituents is 1. The number of guanidine groups is 1. The number of likely N-dealkylation sites (tertiary alicyclic amines) is 1. The van der Waals surface area contributed by atoms with E-state index in [1.54, 1.807) is 18.2 Å². The number of para-hydroxylation sites is 1. The Morgan fingerprint density at radius 3 is 2.72 bits per heavy atom. The molecule has 8 nitrogen and oxygen atoms in total. The molecule has 0 aliphatic carbocycles. The summed E-state index contributed by atoms with van der Waals surface area (Å²) in [5, 5.41) is 15.9. The topological polar surface area (TPSA) is 89.4 Å². The van der Waals surface area contributed by atoms with Crippen molar-refractivity contribution in [1.82, 2.24) is 20.4 Å². The predicted octanol–water partition coefficient (Wildman–Crippen LogP) is 1.11. The van der Waals surface area contributed by atoms with Gasteiger partial charge in [-0.15, -0.1) is 24.0 Å². The Hall–Kier alpha value is -1.59. The van der Waals surface area contributed by atoms with Crippen LogP contribution in [0.1, 0.15) is 23.7 Å². The van der Waals surface area contributed by atoms with Gasteiger partial charge in [-0.1, -0.05) is 12.1 Å². The van der Waals surface area contributed by atoms with E-state index in [4.69, 9.17) is 4.74 Å². The number of carbonyl (C=O) groups is 1. The third kappa shape index (κ3) is 6.71. The van der Waals surface area contributed by atoms with Crippen molar-refractivity contribution in [2.24, 2.45) is 4.99 Å². The summed E-state index contributed by atoms with van der Waals surface area (Å²) in [6.07, 6.45) is 1.13. The first-order valence-corrected chi connectivity index (χ1v) is 10.1. The van der Waals surface area contributed by atoms with E-state index in [2.05, 4.69) is 32.3 Å². The van der Waals surface area contributed by atoms with Crippen molar-refractivity contribution < 1.29 is 14.6 Å². The van der Waals surface area contributed by atoms with E-state index in [1.807, 2.05) is 0 Å². The Kier molecular flexibility index (Phi) is 9.95. The molecule has 0 spiro atoms. The van der Waals surface area contributed by atoms with E-state index in [-0.39, 0.29) is 41.2 Å². The van der Waals surface area contributed by atoms with Crippen LogP contribution in [0.25, 0.3) is 0 Å². The van der Waals surface area contributed by atoms with Gasteiger partial charge in [-0.25, -0.2) is 0 Å². The SMILES string of the molecule is CCNC(=NCCNC(=O)c1ccccc1O)N1CCC(N2CCOCC2)C1.I. The van der Waals surface area contributed by atoms with Crippen molar-refractivity contribution in [3.05, 3.63) is 29.8 Å². The predicted molar refractivity (Wildman–Crippen MR) is 124 cm³/mol. The largest absolute Gasteiger partial charge is 0.507 e. The molecular weight excluding hydrogens is 485 g/mol. The lowest BCUT2D eigenvalue weighted by atomic mass is 10.2. The van der Waals surface area contributed by atoms with E-state index in [0.29, 0.717) is 19.1 Å². The molecule has 2 heterocycles.